The third-order valence-electron chi connectivity index (χ3n) is 17.4. The normalized spacial score (nSPS) is 21.9. The van der Waals surface area contributed by atoms with Crippen LogP contribution in [0.15, 0.2) is 158 Å². The predicted octanol–water partition coefficient (Wildman–Crippen LogP) is 5.73. The lowest BCUT2D eigenvalue weighted by molar-refractivity contribution is -0.132. The van der Waals surface area contributed by atoms with Crippen LogP contribution in [-0.2, 0) is 58.0 Å². The molecule has 6 aromatic rings. The molecule has 2 saturated heterocycles. The fourth-order valence-corrected chi connectivity index (χ4v) is 13.1. The topological polar surface area (TPSA) is 236 Å². The van der Waals surface area contributed by atoms with Crippen LogP contribution in [0.4, 0.5) is 0 Å². The molecule has 8 N–H and O–H groups in total. The van der Waals surface area contributed by atoms with E-state index in [4.69, 9.17) is 0 Å². The quantitative estimate of drug-likeness (QED) is 0.0406. The number of carbonyl (C=O) groups excluding carboxylic acids is 4. The van der Waals surface area contributed by atoms with Crippen LogP contribution in [0.25, 0.3) is 0 Å². The van der Waals surface area contributed by atoms with E-state index in [1.165, 1.54) is 0 Å². The Balaban J connectivity index is 0.000000213. The highest BCUT2D eigenvalue weighted by Gasteiger charge is 2.40. The van der Waals surface area contributed by atoms with Crippen molar-refractivity contribution in [2.24, 2.45) is 11.8 Å². The van der Waals surface area contributed by atoms with Crippen molar-refractivity contribution < 1.29 is 39.6 Å². The van der Waals surface area contributed by atoms with Crippen molar-refractivity contribution in [2.75, 3.05) is 52.4 Å². The highest BCUT2D eigenvalue weighted by Crippen LogP contribution is 2.34. The minimum atomic E-state index is -0.833. The first-order valence-electron chi connectivity index (χ1n) is 32.0. The maximum absolute atomic E-state index is 13.8. The summed E-state index contributed by atoms with van der Waals surface area (Å²) in [6.45, 7) is 17.5. The lowest BCUT2D eigenvalue weighted by Crippen LogP contribution is -2.61. The average Bonchev–Trinajstić information content (AvgIpc) is 2.44. The van der Waals surface area contributed by atoms with E-state index in [0.717, 1.165) is 57.6 Å². The third kappa shape index (κ3) is 19.4. The lowest BCUT2D eigenvalue weighted by atomic mass is 9.91. The Hall–Kier alpha value is -7.26. The Kier molecular flexibility index (Phi) is 23.3. The number of aliphatic hydroxyl groups is 4. The minimum absolute atomic E-state index is 0.0712. The van der Waals surface area contributed by atoms with Crippen molar-refractivity contribution in [3.05, 3.63) is 203 Å². The summed E-state index contributed by atoms with van der Waals surface area (Å²) in [5.74, 6) is -1.56. The van der Waals surface area contributed by atoms with Gasteiger partial charge in [-0.2, -0.15) is 0 Å². The summed E-state index contributed by atoms with van der Waals surface area (Å²) in [5, 5.41) is 57.0. The van der Waals surface area contributed by atoms with E-state index in [2.05, 4.69) is 50.8 Å². The molecule has 0 saturated carbocycles. The summed E-state index contributed by atoms with van der Waals surface area (Å²) in [7, 11) is 0. The molecule has 4 aromatic carbocycles. The summed E-state index contributed by atoms with van der Waals surface area (Å²) in [5.41, 5.74) is 7.35. The van der Waals surface area contributed by atoms with E-state index in [-0.39, 0.29) is 49.6 Å². The molecule has 4 aliphatic rings. The smallest absolute Gasteiger partial charge is 0.239 e. The van der Waals surface area contributed by atoms with Crippen LogP contribution >= 0.6 is 0 Å². The number of piperazine rings is 2. The number of hydrogen-bond acceptors (Lipinski definition) is 14. The number of aromatic nitrogens is 2. The van der Waals surface area contributed by atoms with Gasteiger partial charge in [-0.1, -0.05) is 121 Å². The third-order valence-corrected chi connectivity index (χ3v) is 17.4. The van der Waals surface area contributed by atoms with Gasteiger partial charge >= 0.3 is 0 Å². The Morgan fingerprint density at radius 3 is 1.23 bits per heavy atom. The Morgan fingerprint density at radius 2 is 0.867 bits per heavy atom. The van der Waals surface area contributed by atoms with Crippen LogP contribution in [0, 0.1) is 11.8 Å². The van der Waals surface area contributed by atoms with E-state index in [1.54, 1.807) is 12.4 Å². The van der Waals surface area contributed by atoms with Gasteiger partial charge < -0.3 is 41.7 Å². The van der Waals surface area contributed by atoms with Crippen LogP contribution in [0.2, 0.25) is 0 Å². The summed E-state index contributed by atoms with van der Waals surface area (Å²) in [6, 6.07) is 41.3. The van der Waals surface area contributed by atoms with Gasteiger partial charge in [0.25, 0.3) is 0 Å². The summed E-state index contributed by atoms with van der Waals surface area (Å²) in [4.78, 5) is 71.8. The van der Waals surface area contributed by atoms with Crippen LogP contribution in [0.5, 0.6) is 0 Å². The van der Waals surface area contributed by atoms with Gasteiger partial charge in [0, 0.05) is 126 Å². The molecule has 4 heterocycles. The summed E-state index contributed by atoms with van der Waals surface area (Å²) < 4.78 is 0. The van der Waals surface area contributed by atoms with Crippen molar-refractivity contribution in [3.8, 4) is 0 Å². The van der Waals surface area contributed by atoms with Gasteiger partial charge in [0.2, 0.25) is 23.6 Å². The molecule has 480 valence electrons. The molecule has 0 spiro atoms. The molecular weight excluding hydrogens is 1130 g/mol. The zero-order valence-corrected chi connectivity index (χ0v) is 53.2. The molecule has 0 bridgehead atoms. The summed E-state index contributed by atoms with van der Waals surface area (Å²) >= 11 is 0. The maximum atomic E-state index is 13.8. The van der Waals surface area contributed by atoms with Gasteiger partial charge in [-0.15, -0.1) is 0 Å². The number of rotatable bonds is 22. The SMILES string of the molecule is CC(C)(C)NC(=O)[C@@H]1CN(Cc2cccnc2)CCN1C[C@@H](O)C[C@@H](Cc1ccccc1)C(=O)N[C@H]1c2ccccc2C[C@H]1O.CC(C)(C)NC(=O)[C@@H]1CN(Cc2cccnc2)CCN1C[C@@H](O)C[C@@H](Cc1ccccc1)C(=O)N[C@H]1c2ccccc2C[C@H]1O. The molecular formula is C72H94N10O8. The van der Waals surface area contributed by atoms with Crippen molar-refractivity contribution in [1.82, 2.24) is 50.8 Å². The lowest BCUT2D eigenvalue weighted by Gasteiger charge is -2.42. The average molecular weight is 1230 g/mol. The zero-order chi connectivity index (χ0) is 64.0. The number of nitrogens with zero attached hydrogens (tertiary/aromatic N) is 6. The molecule has 2 aromatic heterocycles. The fourth-order valence-electron chi connectivity index (χ4n) is 13.1. The molecule has 4 amide bonds. The number of amides is 4. The highest BCUT2D eigenvalue weighted by atomic mass is 16.3. The molecule has 18 heteroatoms. The first-order valence-corrected chi connectivity index (χ1v) is 32.0. The maximum Gasteiger partial charge on any atom is 0.239 e. The van der Waals surface area contributed by atoms with Crippen LogP contribution < -0.4 is 21.3 Å². The standard InChI is InChI=1S/2C36H47N5O4/c2*1-36(2,3)39-35(45)31-24-40(22-26-12-9-15-37-21-26)16-17-41(31)23-29(42)19-28(18-25-10-5-4-6-11-25)34(44)38-33-30-14-8-7-13-27(30)20-32(33)43/h2*4-15,21,28-29,31-33,42-43H,16-20,22-24H2,1-3H3,(H,38,44)(H,39,45)/t2*28-,29+,31+,32-,33+/m11/s1. The summed E-state index contributed by atoms with van der Waals surface area (Å²) in [6.07, 6.45) is 6.52. The van der Waals surface area contributed by atoms with Crippen LogP contribution in [0.1, 0.15) is 111 Å². The van der Waals surface area contributed by atoms with E-state index in [9.17, 15) is 39.6 Å². The molecule has 10 rings (SSSR count). The van der Waals surface area contributed by atoms with E-state index in [1.807, 2.05) is 187 Å². The molecule has 90 heavy (non-hydrogen) atoms. The minimum Gasteiger partial charge on any atom is -0.392 e. The molecule has 2 fully saturated rings. The van der Waals surface area contributed by atoms with E-state index in [0.29, 0.717) is 65.0 Å². The van der Waals surface area contributed by atoms with Gasteiger partial charge in [-0.3, -0.25) is 48.7 Å². The monoisotopic (exact) mass is 1230 g/mol. The van der Waals surface area contributed by atoms with E-state index < -0.39 is 71.5 Å². The first kappa shape index (κ1) is 67.1. The molecule has 2 aliphatic heterocycles. The van der Waals surface area contributed by atoms with Gasteiger partial charge in [0.05, 0.1) is 36.5 Å². The highest BCUT2D eigenvalue weighted by molar-refractivity contribution is 5.84. The fraction of sp³-hybridized carbons (Fsp3) is 0.472. The van der Waals surface area contributed by atoms with Gasteiger partial charge in [-0.25, -0.2) is 0 Å². The second kappa shape index (κ2) is 31.2. The van der Waals surface area contributed by atoms with Crippen molar-refractivity contribution >= 4 is 23.6 Å². The van der Waals surface area contributed by atoms with Crippen molar-refractivity contribution in [3.63, 3.8) is 0 Å². The number of fused-ring (bicyclic) bond motifs is 2. The molecule has 18 nitrogen and oxygen atoms in total. The Morgan fingerprint density at radius 1 is 0.500 bits per heavy atom. The Labute approximate surface area is 531 Å². The number of hydrogen-bond donors (Lipinski definition) is 8. The number of benzene rings is 4. The van der Waals surface area contributed by atoms with Gasteiger partial charge in [-0.05, 0) is 124 Å². The van der Waals surface area contributed by atoms with Crippen LogP contribution in [-0.4, -0.2) is 174 Å². The Bertz CT molecular complexity index is 3040. The number of nitrogens with one attached hydrogen (secondary N) is 4. The number of aliphatic hydroxyl groups excluding tert-OH is 4. The second-order valence-electron chi connectivity index (χ2n) is 27.2. The molecule has 0 radical (unpaired) electrons. The zero-order valence-electron chi connectivity index (χ0n) is 53.2. The molecule has 2 aliphatic carbocycles. The van der Waals surface area contributed by atoms with E-state index >= 15 is 0 Å². The van der Waals surface area contributed by atoms with Gasteiger partial charge in [0.1, 0.15) is 12.1 Å². The van der Waals surface area contributed by atoms with Gasteiger partial charge in [0.15, 0.2) is 0 Å². The molecule has 0 unspecified atom stereocenters. The van der Waals surface area contributed by atoms with Crippen molar-refractivity contribution in [2.45, 2.75) is 153 Å². The predicted molar refractivity (Wildman–Crippen MR) is 348 cm³/mol. The largest absolute Gasteiger partial charge is 0.392 e. The number of β-amino-alcohol motifs (C(OH)–C–C–N with tert-alkyl or cyclic N) is 2. The van der Waals surface area contributed by atoms with Crippen LogP contribution in [0.3, 0.4) is 0 Å². The number of pyridine rings is 2. The molecule has 10 atom stereocenters. The van der Waals surface area contributed by atoms with Crippen molar-refractivity contribution in [1.29, 1.82) is 0 Å². The number of carbonyl (C=O) groups is 4. The first-order chi connectivity index (χ1) is 43.1. The second-order valence-corrected chi connectivity index (χ2v) is 27.2.